The van der Waals surface area contributed by atoms with Gasteiger partial charge in [0.05, 0.1) is 14.6 Å². The fraction of sp³-hybridized carbons (Fsp3) is 0.529. The lowest BCUT2D eigenvalue weighted by molar-refractivity contribution is 0.521. The minimum Gasteiger partial charge on any atom is -0.202 e. The van der Waals surface area contributed by atoms with Crippen molar-refractivity contribution in [2.75, 3.05) is 0 Å². The Labute approximate surface area is 256 Å². The Hall–Kier alpha value is -1.34. The van der Waals surface area contributed by atoms with Gasteiger partial charge in [0.2, 0.25) is 0 Å². The highest BCUT2D eigenvalue weighted by molar-refractivity contribution is 7.28. The highest BCUT2D eigenvalue weighted by Gasteiger charge is 2.25. The van der Waals surface area contributed by atoms with E-state index in [1.165, 1.54) is 108 Å². The topological polar surface area (TPSA) is 0 Å². The molecule has 0 saturated heterocycles. The van der Waals surface area contributed by atoms with Crippen LogP contribution in [0, 0.1) is 11.6 Å². The van der Waals surface area contributed by atoms with Crippen molar-refractivity contribution in [2.24, 2.45) is 0 Å². The third-order valence-corrected chi connectivity index (χ3v) is 12.4. The van der Waals surface area contributed by atoms with Gasteiger partial charge in [-0.05, 0) is 84.2 Å². The third kappa shape index (κ3) is 8.14. The molecule has 40 heavy (non-hydrogen) atoms. The van der Waals surface area contributed by atoms with Crippen molar-refractivity contribution in [1.82, 2.24) is 0 Å². The van der Waals surface area contributed by atoms with Gasteiger partial charge in [0.1, 0.15) is 0 Å². The molecule has 0 saturated carbocycles. The molecular weight excluding hydrogens is 575 g/mol. The van der Waals surface area contributed by atoms with Gasteiger partial charge in [-0.15, -0.1) is 45.3 Å². The number of rotatable bonds is 18. The van der Waals surface area contributed by atoms with Crippen LogP contribution in [0.3, 0.4) is 0 Å². The van der Waals surface area contributed by atoms with Crippen molar-refractivity contribution in [3.8, 4) is 29.3 Å². The zero-order valence-corrected chi connectivity index (χ0v) is 27.6. The molecule has 0 aliphatic carbocycles. The summed E-state index contributed by atoms with van der Waals surface area (Å²) in [4.78, 5) is 5.23. The van der Waals surface area contributed by atoms with Gasteiger partial charge in [0, 0.05) is 14.6 Å². The predicted molar refractivity (Wildman–Crippen MR) is 178 cm³/mol. The van der Waals surface area contributed by atoms with E-state index >= 15 is 8.78 Å². The average Bonchev–Trinajstić information content (AvgIpc) is 3.75. The van der Waals surface area contributed by atoms with E-state index in [4.69, 9.17) is 0 Å². The zero-order valence-electron chi connectivity index (χ0n) is 24.4. The lowest BCUT2D eigenvalue weighted by Gasteiger charge is -2.02. The van der Waals surface area contributed by atoms with E-state index in [2.05, 4.69) is 44.4 Å². The number of thiophene rings is 4. The maximum absolute atomic E-state index is 15.5. The molecule has 0 fully saturated rings. The van der Waals surface area contributed by atoms with Crippen LogP contribution in [0.15, 0.2) is 29.0 Å². The number of aryl methyl sites for hydroxylation is 3. The van der Waals surface area contributed by atoms with Gasteiger partial charge in [-0.3, -0.25) is 0 Å². The van der Waals surface area contributed by atoms with Crippen LogP contribution in [0.4, 0.5) is 8.78 Å². The van der Waals surface area contributed by atoms with Gasteiger partial charge in [-0.1, -0.05) is 78.6 Å². The Balaban J connectivity index is 1.61. The summed E-state index contributed by atoms with van der Waals surface area (Å²) in [6.45, 7) is 6.69. The molecule has 0 aromatic carbocycles. The number of halogens is 2. The van der Waals surface area contributed by atoms with Gasteiger partial charge in [-0.2, -0.15) is 0 Å². The zero-order chi connectivity index (χ0) is 28.3. The largest absolute Gasteiger partial charge is 0.202 e. The monoisotopic (exact) mass is 618 g/mol. The van der Waals surface area contributed by atoms with Crippen LogP contribution in [-0.4, -0.2) is 0 Å². The quantitative estimate of drug-likeness (QED) is 0.0973. The Bertz CT molecular complexity index is 1310. The summed E-state index contributed by atoms with van der Waals surface area (Å²) < 4.78 is 31.0. The van der Waals surface area contributed by atoms with Crippen molar-refractivity contribution < 1.29 is 8.78 Å². The molecule has 0 amide bonds. The van der Waals surface area contributed by atoms with Crippen molar-refractivity contribution in [2.45, 2.75) is 117 Å². The molecule has 218 valence electrons. The lowest BCUT2D eigenvalue weighted by atomic mass is 10.0. The van der Waals surface area contributed by atoms with Crippen molar-refractivity contribution >= 4 is 45.3 Å². The second-order valence-corrected chi connectivity index (χ2v) is 14.8. The minimum absolute atomic E-state index is 0.459. The normalized spacial score (nSPS) is 11.6. The summed E-state index contributed by atoms with van der Waals surface area (Å²) in [5.41, 5.74) is 3.85. The molecule has 0 radical (unpaired) electrons. The Morgan fingerprint density at radius 3 is 1.85 bits per heavy atom. The first-order chi connectivity index (χ1) is 19.6. The van der Waals surface area contributed by atoms with Crippen LogP contribution in [0.5, 0.6) is 0 Å². The van der Waals surface area contributed by atoms with Crippen molar-refractivity contribution in [3.63, 3.8) is 0 Å². The maximum Gasteiger partial charge on any atom is 0.178 e. The molecule has 0 spiro atoms. The molecule has 0 aliphatic rings. The molecule has 0 atom stereocenters. The van der Waals surface area contributed by atoms with Crippen LogP contribution in [-0.2, 0) is 19.3 Å². The molecule has 4 heterocycles. The summed E-state index contributed by atoms with van der Waals surface area (Å²) in [5, 5.41) is 4.32. The fourth-order valence-corrected chi connectivity index (χ4v) is 9.83. The van der Waals surface area contributed by atoms with E-state index in [-0.39, 0.29) is 0 Å². The molecular formula is C34H44F2S4. The summed E-state index contributed by atoms with van der Waals surface area (Å²) in [7, 11) is 0. The van der Waals surface area contributed by atoms with E-state index in [1.807, 2.05) is 5.38 Å². The van der Waals surface area contributed by atoms with E-state index in [0.29, 0.717) is 9.75 Å². The smallest absolute Gasteiger partial charge is 0.178 e. The van der Waals surface area contributed by atoms with Crippen molar-refractivity contribution in [3.05, 3.63) is 57.3 Å². The summed E-state index contributed by atoms with van der Waals surface area (Å²) in [6, 6.07) is 6.59. The van der Waals surface area contributed by atoms with Gasteiger partial charge in [0.15, 0.2) is 11.6 Å². The summed E-state index contributed by atoms with van der Waals surface area (Å²) in [6.07, 6.45) is 17.6. The molecule has 4 aromatic rings. The second kappa shape index (κ2) is 16.3. The Kier molecular flexibility index (Phi) is 12.9. The van der Waals surface area contributed by atoms with E-state index < -0.39 is 11.6 Å². The van der Waals surface area contributed by atoms with Crippen LogP contribution >= 0.6 is 45.3 Å². The highest BCUT2D eigenvalue weighted by atomic mass is 32.1. The first kappa shape index (κ1) is 31.6. The number of unbranched alkanes of at least 4 members (excludes halogenated alkanes) is 9. The molecule has 4 aromatic heterocycles. The summed E-state index contributed by atoms with van der Waals surface area (Å²) in [5.74, 6) is -1.36. The van der Waals surface area contributed by atoms with Gasteiger partial charge in [-0.25, -0.2) is 8.78 Å². The fourth-order valence-electron chi connectivity index (χ4n) is 5.23. The first-order valence-corrected chi connectivity index (χ1v) is 18.7. The van der Waals surface area contributed by atoms with Crippen LogP contribution in [0.25, 0.3) is 29.3 Å². The van der Waals surface area contributed by atoms with E-state index in [9.17, 15) is 0 Å². The van der Waals surface area contributed by atoms with Crippen LogP contribution < -0.4 is 0 Å². The van der Waals surface area contributed by atoms with E-state index in [0.717, 1.165) is 47.4 Å². The lowest BCUT2D eigenvalue weighted by Crippen LogP contribution is -1.87. The number of hydrogen-bond acceptors (Lipinski definition) is 4. The minimum atomic E-state index is -0.682. The maximum atomic E-state index is 15.5. The average molecular weight is 619 g/mol. The van der Waals surface area contributed by atoms with Crippen molar-refractivity contribution in [1.29, 1.82) is 0 Å². The standard InChI is InChI=1S/C34H44F2S4/c1-4-7-10-13-16-24-21-27(38-23-24)31-26(18-15-12-9-6-3)22-28(39-31)33-29(35)30(36)34(40-33)32-25(19-20-37-32)17-14-11-8-5-2/h19-23H,4-18H2,1-3H3. The third-order valence-electron chi connectivity index (χ3n) is 7.58. The molecule has 6 heteroatoms. The molecule has 0 N–H and O–H groups in total. The van der Waals surface area contributed by atoms with E-state index in [1.54, 1.807) is 22.7 Å². The molecule has 0 nitrogen and oxygen atoms in total. The highest BCUT2D eigenvalue weighted by Crippen LogP contribution is 2.48. The summed E-state index contributed by atoms with van der Waals surface area (Å²) >= 11 is 6.29. The number of hydrogen-bond donors (Lipinski definition) is 0. The van der Waals surface area contributed by atoms with Gasteiger partial charge >= 0.3 is 0 Å². The Morgan fingerprint density at radius 1 is 0.550 bits per heavy atom. The molecule has 4 rings (SSSR count). The van der Waals surface area contributed by atoms with Gasteiger partial charge < -0.3 is 0 Å². The SMILES string of the molecule is CCCCCCc1csc(-c2sc(-c3sc(-c4sccc4CCCCCC)c(F)c3F)cc2CCCCCC)c1. The van der Waals surface area contributed by atoms with Gasteiger partial charge in [0.25, 0.3) is 0 Å². The molecule has 0 unspecified atom stereocenters. The Morgan fingerprint density at radius 2 is 1.18 bits per heavy atom. The van der Waals surface area contributed by atoms with Crippen LogP contribution in [0.2, 0.25) is 0 Å². The predicted octanol–water partition coefficient (Wildman–Crippen LogP) is 13.6. The molecule has 0 bridgehead atoms. The second-order valence-electron chi connectivity index (χ2n) is 10.9. The van der Waals surface area contributed by atoms with Crippen LogP contribution in [0.1, 0.15) is 115 Å². The first-order valence-electron chi connectivity index (χ1n) is 15.3. The molecule has 0 aliphatic heterocycles.